The number of benzene rings is 1. The number of hydrogen-bond donors (Lipinski definition) is 1. The van der Waals surface area contributed by atoms with E-state index in [-0.39, 0.29) is 30.3 Å². The highest BCUT2D eigenvalue weighted by Crippen LogP contribution is 2.49. The molecular formula is C19H25NO3S. The minimum atomic E-state index is -0.355. The molecule has 2 aliphatic carbocycles. The minimum absolute atomic E-state index is 0.171. The molecule has 0 aromatic heterocycles. The van der Waals surface area contributed by atoms with Gasteiger partial charge in [-0.3, -0.25) is 9.59 Å². The molecule has 3 rings (SSSR count). The largest absolute Gasteiger partial charge is 0.455 e. The predicted molar refractivity (Wildman–Crippen MR) is 94.7 cm³/mol. The molecule has 4 atom stereocenters. The van der Waals surface area contributed by atoms with E-state index in [4.69, 9.17) is 4.74 Å². The summed E-state index contributed by atoms with van der Waals surface area (Å²) >= 11 is 1.42. The van der Waals surface area contributed by atoms with Crippen LogP contribution in [0, 0.1) is 17.8 Å². The molecule has 1 amide bonds. The zero-order valence-corrected chi connectivity index (χ0v) is 14.9. The van der Waals surface area contributed by atoms with Crippen molar-refractivity contribution < 1.29 is 14.3 Å². The number of hydrogen-bond acceptors (Lipinski definition) is 4. The quantitative estimate of drug-likeness (QED) is 0.608. The minimum Gasteiger partial charge on any atom is -0.455 e. The van der Waals surface area contributed by atoms with Gasteiger partial charge in [0.25, 0.3) is 5.91 Å². The SMILES string of the molecule is C[C@@H](NC(=O)COC(=O)CSc1ccccc1)[C@H]1C[C@H]2CC[C@H]1C2. The summed E-state index contributed by atoms with van der Waals surface area (Å²) in [5.41, 5.74) is 0. The fourth-order valence-corrected chi connectivity index (χ4v) is 4.87. The van der Waals surface area contributed by atoms with Crippen LogP contribution < -0.4 is 5.32 Å². The molecule has 0 aliphatic heterocycles. The van der Waals surface area contributed by atoms with E-state index in [1.807, 2.05) is 30.3 Å². The lowest BCUT2D eigenvalue weighted by Gasteiger charge is -2.28. The first-order chi connectivity index (χ1) is 11.6. The molecule has 0 unspecified atom stereocenters. The third-order valence-corrected chi connectivity index (χ3v) is 6.27. The van der Waals surface area contributed by atoms with Gasteiger partial charge in [0.15, 0.2) is 6.61 Å². The Kier molecular flexibility index (Phi) is 5.82. The normalized spacial score (nSPS) is 26.1. The number of ether oxygens (including phenoxy) is 1. The third kappa shape index (κ3) is 4.53. The van der Waals surface area contributed by atoms with Crippen molar-refractivity contribution in [3.05, 3.63) is 30.3 Å². The maximum atomic E-state index is 12.0. The summed E-state index contributed by atoms with van der Waals surface area (Å²) < 4.78 is 5.08. The molecule has 0 heterocycles. The molecule has 2 fully saturated rings. The molecule has 1 aromatic carbocycles. The van der Waals surface area contributed by atoms with Gasteiger partial charge in [-0.05, 0) is 56.1 Å². The molecule has 0 radical (unpaired) electrons. The van der Waals surface area contributed by atoms with Gasteiger partial charge in [0.1, 0.15) is 0 Å². The third-order valence-electron chi connectivity index (χ3n) is 5.29. The second kappa shape index (κ2) is 8.06. The summed E-state index contributed by atoms with van der Waals surface area (Å²) in [4.78, 5) is 24.8. The van der Waals surface area contributed by atoms with Gasteiger partial charge < -0.3 is 10.1 Å². The van der Waals surface area contributed by atoms with Crippen molar-refractivity contribution in [2.45, 2.75) is 43.5 Å². The molecule has 1 aromatic rings. The van der Waals surface area contributed by atoms with Crippen LogP contribution in [0.2, 0.25) is 0 Å². The summed E-state index contributed by atoms with van der Waals surface area (Å²) in [7, 11) is 0. The Morgan fingerprint density at radius 3 is 2.71 bits per heavy atom. The average Bonchev–Trinajstić information content (AvgIpc) is 3.22. The fourth-order valence-electron chi connectivity index (χ4n) is 4.16. The van der Waals surface area contributed by atoms with Gasteiger partial charge >= 0.3 is 5.97 Å². The van der Waals surface area contributed by atoms with E-state index in [1.54, 1.807) is 0 Å². The Bertz CT molecular complexity index is 577. The van der Waals surface area contributed by atoms with Crippen LogP contribution in [0.3, 0.4) is 0 Å². The molecule has 130 valence electrons. The standard InChI is InChI=1S/C19H25NO3S/c1-13(17-10-14-7-8-15(17)9-14)20-18(21)11-23-19(22)12-24-16-5-3-2-4-6-16/h2-6,13-15,17H,7-12H2,1H3,(H,20,21)/t13-,14+,15+,17-/m1/s1. The molecule has 1 N–H and O–H groups in total. The van der Waals surface area contributed by atoms with Crippen LogP contribution in [0.5, 0.6) is 0 Å². The van der Waals surface area contributed by atoms with Crippen LogP contribution in [0.4, 0.5) is 0 Å². The number of carbonyl (C=O) groups is 2. The lowest BCUT2D eigenvalue weighted by molar-refractivity contribution is -0.146. The zero-order valence-electron chi connectivity index (χ0n) is 14.1. The molecule has 4 nitrogen and oxygen atoms in total. The lowest BCUT2D eigenvalue weighted by Crippen LogP contribution is -2.42. The van der Waals surface area contributed by atoms with Gasteiger partial charge in [0, 0.05) is 10.9 Å². The first-order valence-corrected chi connectivity index (χ1v) is 9.73. The topological polar surface area (TPSA) is 55.4 Å². The maximum absolute atomic E-state index is 12.0. The number of rotatable bonds is 7. The molecular weight excluding hydrogens is 322 g/mol. The smallest absolute Gasteiger partial charge is 0.316 e. The number of nitrogens with one attached hydrogen (secondary N) is 1. The van der Waals surface area contributed by atoms with Gasteiger partial charge in [0.05, 0.1) is 5.75 Å². The van der Waals surface area contributed by atoms with Crippen molar-refractivity contribution in [3.8, 4) is 0 Å². The van der Waals surface area contributed by atoms with E-state index in [0.717, 1.165) is 16.7 Å². The Balaban J connectivity index is 1.34. The van der Waals surface area contributed by atoms with Crippen molar-refractivity contribution in [2.75, 3.05) is 12.4 Å². The summed E-state index contributed by atoms with van der Waals surface area (Å²) in [5, 5.41) is 3.01. The number of fused-ring (bicyclic) bond motifs is 2. The van der Waals surface area contributed by atoms with Gasteiger partial charge in [-0.2, -0.15) is 0 Å². The van der Waals surface area contributed by atoms with E-state index in [0.29, 0.717) is 5.92 Å². The van der Waals surface area contributed by atoms with Crippen LogP contribution in [-0.4, -0.2) is 30.3 Å². The van der Waals surface area contributed by atoms with Crippen LogP contribution >= 0.6 is 11.8 Å². The molecule has 5 heteroatoms. The lowest BCUT2D eigenvalue weighted by atomic mass is 9.84. The first kappa shape index (κ1) is 17.3. The van der Waals surface area contributed by atoms with Crippen molar-refractivity contribution in [3.63, 3.8) is 0 Å². The van der Waals surface area contributed by atoms with Crippen molar-refractivity contribution in [1.82, 2.24) is 5.32 Å². The Morgan fingerprint density at radius 1 is 1.25 bits per heavy atom. The summed E-state index contributed by atoms with van der Waals surface area (Å²) in [6.45, 7) is 1.90. The van der Waals surface area contributed by atoms with Crippen LogP contribution in [0.25, 0.3) is 0 Å². The van der Waals surface area contributed by atoms with Crippen molar-refractivity contribution in [1.29, 1.82) is 0 Å². The molecule has 2 saturated carbocycles. The molecule has 0 saturated heterocycles. The maximum Gasteiger partial charge on any atom is 0.316 e. The van der Waals surface area contributed by atoms with E-state index in [2.05, 4.69) is 12.2 Å². The molecule has 24 heavy (non-hydrogen) atoms. The van der Waals surface area contributed by atoms with Gasteiger partial charge in [-0.15, -0.1) is 11.8 Å². The van der Waals surface area contributed by atoms with Crippen molar-refractivity contribution in [2.24, 2.45) is 17.8 Å². The summed E-state index contributed by atoms with van der Waals surface area (Å²) in [6.07, 6.45) is 5.23. The molecule has 2 bridgehead atoms. The highest BCUT2D eigenvalue weighted by Gasteiger charge is 2.42. The second-order valence-electron chi connectivity index (χ2n) is 6.96. The monoisotopic (exact) mass is 347 g/mol. The predicted octanol–water partition coefficient (Wildman–Crippen LogP) is 3.26. The van der Waals surface area contributed by atoms with E-state index in [1.165, 1.54) is 37.4 Å². The number of carbonyl (C=O) groups excluding carboxylic acids is 2. The number of thioether (sulfide) groups is 1. The highest BCUT2D eigenvalue weighted by molar-refractivity contribution is 8.00. The molecule has 2 aliphatic rings. The van der Waals surface area contributed by atoms with Gasteiger partial charge in [0.2, 0.25) is 0 Å². The van der Waals surface area contributed by atoms with E-state index >= 15 is 0 Å². The van der Waals surface area contributed by atoms with Crippen LogP contribution in [0.15, 0.2) is 35.2 Å². The Labute approximate surface area is 147 Å². The van der Waals surface area contributed by atoms with Crippen LogP contribution in [0.1, 0.15) is 32.6 Å². The zero-order chi connectivity index (χ0) is 16.9. The summed E-state index contributed by atoms with van der Waals surface area (Å²) in [6, 6.07) is 9.86. The fraction of sp³-hybridized carbons (Fsp3) is 0.579. The second-order valence-corrected chi connectivity index (χ2v) is 8.01. The Morgan fingerprint density at radius 2 is 2.04 bits per heavy atom. The number of esters is 1. The van der Waals surface area contributed by atoms with Crippen molar-refractivity contribution >= 4 is 23.6 Å². The average molecular weight is 347 g/mol. The number of amides is 1. The highest BCUT2D eigenvalue weighted by atomic mass is 32.2. The molecule has 0 spiro atoms. The van der Waals surface area contributed by atoms with E-state index < -0.39 is 0 Å². The van der Waals surface area contributed by atoms with E-state index in [9.17, 15) is 9.59 Å². The first-order valence-electron chi connectivity index (χ1n) is 8.74. The van der Waals surface area contributed by atoms with Gasteiger partial charge in [-0.1, -0.05) is 24.6 Å². The van der Waals surface area contributed by atoms with Crippen LogP contribution in [-0.2, 0) is 14.3 Å². The summed E-state index contributed by atoms with van der Waals surface area (Å²) in [5.74, 6) is 1.91. The Hall–Kier alpha value is -1.49. The van der Waals surface area contributed by atoms with Gasteiger partial charge in [-0.25, -0.2) is 0 Å².